The minimum absolute atomic E-state index is 0. The summed E-state index contributed by atoms with van der Waals surface area (Å²) in [4.78, 5) is 22.7. The van der Waals surface area contributed by atoms with Gasteiger partial charge in [-0.25, -0.2) is 13.8 Å². The molecule has 0 saturated carbocycles. The summed E-state index contributed by atoms with van der Waals surface area (Å²) < 4.78 is 45.2. The quantitative estimate of drug-likeness (QED) is 0.541. The standard InChI is InChI=1S/C13H11ClF3N3O4.K/c1-5(11(21)22)24-10-4-9(8(15)3-7(10)14)20-13(23)19(12(16)17)6(2)18-20;/h3-5,12H,1-2H3,(H,21,22);/q;+1/p-1. The van der Waals surface area contributed by atoms with Gasteiger partial charge in [0.25, 0.3) is 0 Å². The van der Waals surface area contributed by atoms with E-state index in [1.165, 1.54) is 0 Å². The summed E-state index contributed by atoms with van der Waals surface area (Å²) in [6, 6.07) is 1.64. The van der Waals surface area contributed by atoms with Crippen molar-refractivity contribution >= 4 is 17.6 Å². The van der Waals surface area contributed by atoms with Crippen LogP contribution >= 0.6 is 11.6 Å². The molecule has 1 unspecified atom stereocenters. The summed E-state index contributed by atoms with van der Waals surface area (Å²) in [7, 11) is 0. The summed E-state index contributed by atoms with van der Waals surface area (Å²) in [6.07, 6.45) is -1.42. The SMILES string of the molecule is Cc1nn(-c2cc(OC(C)C(=O)[O-])c(Cl)cc2F)c(=O)n1C(F)F.[K+]. The summed E-state index contributed by atoms with van der Waals surface area (Å²) in [6.45, 7) is -0.861. The first-order valence-electron chi connectivity index (χ1n) is 6.46. The average molecular weight is 404 g/mol. The van der Waals surface area contributed by atoms with E-state index < -0.39 is 35.8 Å². The third-order valence-electron chi connectivity index (χ3n) is 3.04. The zero-order chi connectivity index (χ0) is 18.2. The maximum Gasteiger partial charge on any atom is 1.00 e. The minimum atomic E-state index is -3.16. The third-order valence-corrected chi connectivity index (χ3v) is 3.34. The first kappa shape index (κ1) is 22.2. The van der Waals surface area contributed by atoms with Gasteiger partial charge in [0.05, 0.1) is 11.0 Å². The van der Waals surface area contributed by atoms with Gasteiger partial charge in [-0.05, 0) is 19.9 Å². The van der Waals surface area contributed by atoms with Crippen LogP contribution in [0.5, 0.6) is 5.75 Å². The number of aryl methyl sites for hydroxylation is 1. The van der Waals surface area contributed by atoms with Crippen LogP contribution in [0.3, 0.4) is 0 Å². The van der Waals surface area contributed by atoms with Gasteiger partial charge in [-0.1, -0.05) is 11.6 Å². The van der Waals surface area contributed by atoms with Gasteiger partial charge in [-0.2, -0.15) is 13.5 Å². The monoisotopic (exact) mass is 403 g/mol. The summed E-state index contributed by atoms with van der Waals surface area (Å²) in [5, 5.41) is 14.0. The van der Waals surface area contributed by atoms with Gasteiger partial charge in [0.1, 0.15) is 23.4 Å². The predicted octanol–water partition coefficient (Wildman–Crippen LogP) is -1.95. The number of benzene rings is 1. The van der Waals surface area contributed by atoms with Crippen molar-refractivity contribution in [2.45, 2.75) is 26.5 Å². The number of aliphatic carboxylic acids is 1. The molecule has 1 aromatic carbocycles. The van der Waals surface area contributed by atoms with E-state index in [9.17, 15) is 27.9 Å². The van der Waals surface area contributed by atoms with E-state index in [-0.39, 0.29) is 72.5 Å². The zero-order valence-electron chi connectivity index (χ0n) is 13.3. The second kappa shape index (κ2) is 8.69. The fourth-order valence-corrected chi connectivity index (χ4v) is 2.06. The van der Waals surface area contributed by atoms with Crippen LogP contribution in [0.1, 0.15) is 19.3 Å². The van der Waals surface area contributed by atoms with E-state index in [0.29, 0.717) is 4.68 Å². The molecular weight excluding hydrogens is 394 g/mol. The van der Waals surface area contributed by atoms with Crippen LogP contribution in [0, 0.1) is 12.7 Å². The number of aromatic nitrogens is 3. The van der Waals surface area contributed by atoms with E-state index in [2.05, 4.69) is 5.10 Å². The maximum absolute atomic E-state index is 14.1. The molecule has 1 heterocycles. The molecule has 0 bridgehead atoms. The van der Waals surface area contributed by atoms with Crippen molar-refractivity contribution in [1.82, 2.24) is 14.3 Å². The molecule has 2 rings (SSSR count). The number of hydrogen-bond donors (Lipinski definition) is 0. The first-order valence-corrected chi connectivity index (χ1v) is 6.84. The van der Waals surface area contributed by atoms with Crippen LogP contribution in [0.15, 0.2) is 16.9 Å². The number of halogens is 4. The molecule has 2 aromatic rings. The number of rotatable bonds is 5. The van der Waals surface area contributed by atoms with Crippen molar-refractivity contribution in [1.29, 1.82) is 0 Å². The molecule has 25 heavy (non-hydrogen) atoms. The molecule has 130 valence electrons. The molecule has 12 heteroatoms. The second-order valence-corrected chi connectivity index (χ2v) is 5.11. The molecule has 1 aromatic heterocycles. The van der Waals surface area contributed by atoms with Gasteiger partial charge >= 0.3 is 63.6 Å². The van der Waals surface area contributed by atoms with E-state index in [1.807, 2.05) is 0 Å². The average Bonchev–Trinajstić information content (AvgIpc) is 2.76. The largest absolute Gasteiger partial charge is 1.00 e. The molecule has 0 aliphatic rings. The molecule has 0 spiro atoms. The van der Waals surface area contributed by atoms with Crippen LogP contribution < -0.4 is 66.9 Å². The van der Waals surface area contributed by atoms with Crippen LogP contribution in [-0.2, 0) is 4.79 Å². The third kappa shape index (κ3) is 4.66. The van der Waals surface area contributed by atoms with E-state index >= 15 is 0 Å². The molecule has 0 saturated heterocycles. The van der Waals surface area contributed by atoms with E-state index in [4.69, 9.17) is 16.3 Å². The van der Waals surface area contributed by atoms with Gasteiger partial charge in [-0.3, -0.25) is 0 Å². The molecule has 0 aliphatic carbocycles. The Labute approximate surface area is 186 Å². The number of alkyl halides is 2. The van der Waals surface area contributed by atoms with Crippen LogP contribution in [0.2, 0.25) is 5.02 Å². The number of nitrogens with zero attached hydrogens (tertiary/aromatic N) is 3. The summed E-state index contributed by atoms with van der Waals surface area (Å²) >= 11 is 5.75. The molecular formula is C13H10ClF3KN3O4. The Kier molecular flexibility index (Phi) is 7.71. The van der Waals surface area contributed by atoms with Gasteiger partial charge in [-0.15, -0.1) is 5.10 Å². The molecule has 0 N–H and O–H groups in total. The fraction of sp³-hybridized carbons (Fsp3) is 0.308. The Hall–Kier alpha value is -0.854. The van der Waals surface area contributed by atoms with Crippen LogP contribution in [-0.4, -0.2) is 26.4 Å². The number of carboxylic acid groups (broad SMARTS) is 1. The van der Waals surface area contributed by atoms with Gasteiger partial charge in [0, 0.05) is 6.07 Å². The predicted molar refractivity (Wildman–Crippen MR) is 73.9 cm³/mol. The summed E-state index contributed by atoms with van der Waals surface area (Å²) in [5.41, 5.74) is -1.80. The van der Waals surface area contributed by atoms with Crippen LogP contribution in [0.25, 0.3) is 5.69 Å². The number of carboxylic acids is 1. The normalized spacial score (nSPS) is 12.0. The van der Waals surface area contributed by atoms with Gasteiger partial charge < -0.3 is 14.6 Å². The van der Waals surface area contributed by atoms with Crippen molar-refractivity contribution in [3.63, 3.8) is 0 Å². The number of carbonyl (C=O) groups is 1. The maximum atomic E-state index is 14.1. The molecule has 0 fully saturated rings. The molecule has 0 radical (unpaired) electrons. The van der Waals surface area contributed by atoms with Crippen molar-refractivity contribution in [2.24, 2.45) is 0 Å². The van der Waals surface area contributed by atoms with E-state index in [1.54, 1.807) is 0 Å². The van der Waals surface area contributed by atoms with Crippen molar-refractivity contribution in [2.75, 3.05) is 0 Å². The molecule has 7 nitrogen and oxygen atoms in total. The number of hydrogen-bond acceptors (Lipinski definition) is 5. The van der Waals surface area contributed by atoms with Crippen LogP contribution in [0.4, 0.5) is 13.2 Å². The Balaban J connectivity index is 0.00000312. The Morgan fingerprint density at radius 3 is 2.48 bits per heavy atom. The fourth-order valence-electron chi connectivity index (χ4n) is 1.87. The van der Waals surface area contributed by atoms with Gasteiger partial charge in [0.2, 0.25) is 0 Å². The smallest absolute Gasteiger partial charge is 0.546 e. The topological polar surface area (TPSA) is 89.2 Å². The van der Waals surface area contributed by atoms with Crippen molar-refractivity contribution in [3.8, 4) is 11.4 Å². The molecule has 0 aliphatic heterocycles. The zero-order valence-corrected chi connectivity index (χ0v) is 17.2. The second-order valence-electron chi connectivity index (χ2n) is 4.70. The Morgan fingerprint density at radius 1 is 1.40 bits per heavy atom. The molecule has 0 amide bonds. The summed E-state index contributed by atoms with van der Waals surface area (Å²) in [5.74, 6) is -3.20. The number of carbonyl (C=O) groups excluding carboxylic acids is 1. The van der Waals surface area contributed by atoms with E-state index in [0.717, 1.165) is 26.0 Å². The Morgan fingerprint density at radius 2 is 2.00 bits per heavy atom. The van der Waals surface area contributed by atoms with Crippen molar-refractivity contribution in [3.05, 3.63) is 39.3 Å². The first-order chi connectivity index (χ1) is 11.1. The minimum Gasteiger partial charge on any atom is -0.546 e. The number of ether oxygens (including phenoxy) is 1. The van der Waals surface area contributed by atoms with Gasteiger partial charge in [0.15, 0.2) is 5.82 Å². The Bertz CT molecular complexity index is 856. The molecule has 1 atom stereocenters. The van der Waals surface area contributed by atoms with Crippen molar-refractivity contribution < 1.29 is 79.2 Å².